The third kappa shape index (κ3) is 3.28. The van der Waals surface area contributed by atoms with Crippen LogP contribution in [0.15, 0.2) is 18.2 Å². The molecule has 2 atom stereocenters. The van der Waals surface area contributed by atoms with Crippen LogP contribution in [-0.2, 0) is 4.79 Å². The molecule has 0 aromatic heterocycles. The molecular weight excluding hydrogens is 285 g/mol. The number of hydrogen-bond donors (Lipinski definition) is 2. The Kier molecular flexibility index (Phi) is 4.60. The summed E-state index contributed by atoms with van der Waals surface area (Å²) in [5.41, 5.74) is 0.155. The molecule has 4 nitrogen and oxygen atoms in total. The quantitative estimate of drug-likeness (QED) is 0.902. The number of rotatable bonds is 3. The second-order valence-electron chi connectivity index (χ2n) is 4.93. The highest BCUT2D eigenvalue weighted by Crippen LogP contribution is 2.25. The first-order valence-corrected chi connectivity index (χ1v) is 6.85. The second-order valence-corrected chi connectivity index (χ2v) is 5.34. The zero-order valence-corrected chi connectivity index (χ0v) is 11.5. The molecule has 1 aliphatic carbocycles. The highest BCUT2D eigenvalue weighted by Gasteiger charge is 2.32. The number of amides is 1. The fourth-order valence-electron chi connectivity index (χ4n) is 2.52. The molecule has 1 fully saturated rings. The van der Waals surface area contributed by atoms with E-state index < -0.39 is 29.7 Å². The number of nitrogens with one attached hydrogen (secondary N) is 1. The molecule has 2 N–H and O–H groups in total. The number of aliphatic carboxylic acids is 1. The zero-order valence-electron chi connectivity index (χ0n) is 10.7. The lowest BCUT2D eigenvalue weighted by Gasteiger charge is -2.29. The number of carboxylic acid groups (broad SMARTS) is 1. The molecule has 1 aromatic carbocycles. The van der Waals surface area contributed by atoms with Gasteiger partial charge in [0.15, 0.2) is 0 Å². The molecule has 1 aliphatic rings. The monoisotopic (exact) mass is 299 g/mol. The molecule has 0 radical (unpaired) electrons. The molecule has 0 heterocycles. The summed E-state index contributed by atoms with van der Waals surface area (Å²) in [6.07, 6.45) is 2.91. The van der Waals surface area contributed by atoms with Crippen LogP contribution >= 0.6 is 11.6 Å². The van der Waals surface area contributed by atoms with Gasteiger partial charge in [0.25, 0.3) is 5.91 Å². The average molecular weight is 300 g/mol. The third-order valence-corrected chi connectivity index (χ3v) is 3.89. The summed E-state index contributed by atoms with van der Waals surface area (Å²) in [7, 11) is 0. The van der Waals surface area contributed by atoms with Gasteiger partial charge in [0, 0.05) is 6.04 Å². The van der Waals surface area contributed by atoms with Crippen molar-refractivity contribution in [3.8, 4) is 0 Å². The van der Waals surface area contributed by atoms with Crippen molar-refractivity contribution < 1.29 is 19.1 Å². The van der Waals surface area contributed by atoms with Crippen LogP contribution in [0.4, 0.5) is 4.39 Å². The second kappa shape index (κ2) is 6.22. The zero-order chi connectivity index (χ0) is 14.7. The Morgan fingerprint density at radius 3 is 2.65 bits per heavy atom. The minimum absolute atomic E-state index is 0.0187. The van der Waals surface area contributed by atoms with Gasteiger partial charge in [-0.15, -0.1) is 0 Å². The number of carbonyl (C=O) groups excluding carboxylic acids is 1. The molecule has 1 saturated carbocycles. The van der Waals surface area contributed by atoms with Gasteiger partial charge in [0.05, 0.1) is 16.5 Å². The molecule has 0 saturated heterocycles. The van der Waals surface area contributed by atoms with E-state index in [0.29, 0.717) is 12.8 Å². The Morgan fingerprint density at radius 1 is 1.30 bits per heavy atom. The van der Waals surface area contributed by atoms with E-state index in [1.54, 1.807) is 0 Å². The molecule has 1 amide bonds. The summed E-state index contributed by atoms with van der Waals surface area (Å²) in [6, 6.07) is 3.10. The fourth-order valence-corrected chi connectivity index (χ4v) is 2.77. The van der Waals surface area contributed by atoms with Crippen LogP contribution in [0.3, 0.4) is 0 Å². The molecule has 0 bridgehead atoms. The predicted molar refractivity (Wildman–Crippen MR) is 72.3 cm³/mol. The van der Waals surface area contributed by atoms with Crippen LogP contribution in [0, 0.1) is 11.7 Å². The molecule has 0 spiro atoms. The topological polar surface area (TPSA) is 66.4 Å². The van der Waals surface area contributed by atoms with Gasteiger partial charge < -0.3 is 10.4 Å². The third-order valence-electron chi connectivity index (χ3n) is 3.58. The molecule has 20 heavy (non-hydrogen) atoms. The van der Waals surface area contributed by atoms with E-state index in [4.69, 9.17) is 16.7 Å². The van der Waals surface area contributed by atoms with Crippen molar-refractivity contribution in [2.45, 2.75) is 31.7 Å². The molecule has 2 rings (SSSR count). The Balaban J connectivity index is 2.11. The first-order chi connectivity index (χ1) is 9.49. The lowest BCUT2D eigenvalue weighted by molar-refractivity contribution is -0.143. The van der Waals surface area contributed by atoms with Crippen molar-refractivity contribution in [3.05, 3.63) is 34.6 Å². The van der Waals surface area contributed by atoms with Crippen LogP contribution in [0.1, 0.15) is 36.0 Å². The maximum atomic E-state index is 12.9. The van der Waals surface area contributed by atoms with Gasteiger partial charge in [-0.3, -0.25) is 9.59 Å². The maximum absolute atomic E-state index is 12.9. The van der Waals surface area contributed by atoms with Crippen molar-refractivity contribution in [1.82, 2.24) is 5.32 Å². The van der Waals surface area contributed by atoms with Gasteiger partial charge in [-0.25, -0.2) is 4.39 Å². The number of hydrogen-bond acceptors (Lipinski definition) is 2. The molecule has 0 aliphatic heterocycles. The van der Waals surface area contributed by atoms with E-state index in [1.807, 2.05) is 0 Å². The van der Waals surface area contributed by atoms with Gasteiger partial charge in [0.1, 0.15) is 5.82 Å². The van der Waals surface area contributed by atoms with Crippen molar-refractivity contribution in [2.24, 2.45) is 5.92 Å². The van der Waals surface area contributed by atoms with E-state index in [-0.39, 0.29) is 10.6 Å². The smallest absolute Gasteiger partial charge is 0.308 e. The SMILES string of the molecule is O=C(NC1CCCCC1C(=O)O)c1ccc(F)cc1Cl. The number of benzene rings is 1. The van der Waals surface area contributed by atoms with Crippen LogP contribution in [0.5, 0.6) is 0 Å². The summed E-state index contributed by atoms with van der Waals surface area (Å²) in [4.78, 5) is 23.3. The largest absolute Gasteiger partial charge is 0.481 e. The predicted octanol–water partition coefficient (Wildman–Crippen LogP) is 2.85. The summed E-state index contributed by atoms with van der Waals surface area (Å²) in [6.45, 7) is 0. The van der Waals surface area contributed by atoms with Gasteiger partial charge in [-0.2, -0.15) is 0 Å². The lowest BCUT2D eigenvalue weighted by atomic mass is 9.84. The number of halogens is 2. The molecular formula is C14H15ClFNO3. The first-order valence-electron chi connectivity index (χ1n) is 6.48. The van der Waals surface area contributed by atoms with Crippen molar-refractivity contribution in [3.63, 3.8) is 0 Å². The number of carbonyl (C=O) groups is 2. The summed E-state index contributed by atoms with van der Waals surface area (Å²) in [5.74, 6) is -2.46. The highest BCUT2D eigenvalue weighted by atomic mass is 35.5. The van der Waals surface area contributed by atoms with E-state index in [1.165, 1.54) is 6.07 Å². The number of carboxylic acids is 1. The van der Waals surface area contributed by atoms with Crippen molar-refractivity contribution in [2.75, 3.05) is 0 Å². The average Bonchev–Trinajstić information content (AvgIpc) is 2.38. The minimum atomic E-state index is -0.903. The highest BCUT2D eigenvalue weighted by molar-refractivity contribution is 6.33. The summed E-state index contributed by atoms with van der Waals surface area (Å²) >= 11 is 5.82. The Labute approximate surface area is 120 Å². The fraction of sp³-hybridized carbons (Fsp3) is 0.429. The summed E-state index contributed by atoms with van der Waals surface area (Å²) < 4.78 is 12.9. The van der Waals surface area contributed by atoms with Gasteiger partial charge in [0.2, 0.25) is 0 Å². The van der Waals surface area contributed by atoms with Gasteiger partial charge in [-0.1, -0.05) is 24.4 Å². The summed E-state index contributed by atoms with van der Waals surface area (Å²) in [5, 5.41) is 11.9. The van der Waals surface area contributed by atoms with E-state index in [2.05, 4.69) is 5.32 Å². The van der Waals surface area contributed by atoms with Gasteiger partial charge >= 0.3 is 5.97 Å². The first kappa shape index (κ1) is 14.8. The molecule has 6 heteroatoms. The van der Waals surface area contributed by atoms with E-state index >= 15 is 0 Å². The van der Waals surface area contributed by atoms with Crippen molar-refractivity contribution in [1.29, 1.82) is 0 Å². The van der Waals surface area contributed by atoms with Crippen LogP contribution < -0.4 is 5.32 Å². The minimum Gasteiger partial charge on any atom is -0.481 e. The van der Waals surface area contributed by atoms with Crippen LogP contribution in [0.2, 0.25) is 5.02 Å². The van der Waals surface area contributed by atoms with Gasteiger partial charge in [-0.05, 0) is 31.0 Å². The van der Waals surface area contributed by atoms with Crippen LogP contribution in [-0.4, -0.2) is 23.0 Å². The maximum Gasteiger partial charge on any atom is 0.308 e. The Hall–Kier alpha value is -1.62. The molecule has 1 aromatic rings. The molecule has 2 unspecified atom stereocenters. The van der Waals surface area contributed by atoms with E-state index in [9.17, 15) is 14.0 Å². The van der Waals surface area contributed by atoms with Crippen LogP contribution in [0.25, 0.3) is 0 Å². The Morgan fingerprint density at radius 2 is 2.00 bits per heavy atom. The standard InChI is InChI=1S/C14H15ClFNO3/c15-11-7-8(16)5-6-9(11)13(18)17-12-4-2-1-3-10(12)14(19)20/h5-7,10,12H,1-4H2,(H,17,18)(H,19,20). The lowest BCUT2D eigenvalue weighted by Crippen LogP contribution is -2.45. The van der Waals surface area contributed by atoms with E-state index in [0.717, 1.165) is 25.0 Å². The Bertz CT molecular complexity index is 535. The van der Waals surface area contributed by atoms with Crippen molar-refractivity contribution >= 4 is 23.5 Å². The normalized spacial score (nSPS) is 22.3. The molecule has 108 valence electrons.